The maximum absolute atomic E-state index is 13.0. The van der Waals surface area contributed by atoms with Crippen LogP contribution in [0.25, 0.3) is 0 Å². The van der Waals surface area contributed by atoms with Crippen LogP contribution in [-0.4, -0.2) is 49.6 Å². The van der Waals surface area contributed by atoms with Crippen molar-refractivity contribution >= 4 is 17.6 Å². The molecule has 5 nitrogen and oxygen atoms in total. The number of aliphatic imine (C=N–C) groups is 1. The van der Waals surface area contributed by atoms with Crippen LogP contribution in [0.4, 0.5) is 18.9 Å². The number of nitrogens with zero attached hydrogens (tertiary/aromatic N) is 3. The Labute approximate surface area is 186 Å². The molecule has 0 N–H and O–H groups in total. The first kappa shape index (κ1) is 23.6. The van der Waals surface area contributed by atoms with Crippen LogP contribution in [0.2, 0.25) is 0 Å². The van der Waals surface area contributed by atoms with E-state index in [0.717, 1.165) is 11.6 Å². The molecule has 8 heteroatoms. The van der Waals surface area contributed by atoms with Gasteiger partial charge in [0.2, 0.25) is 0 Å². The molecule has 1 fully saturated rings. The van der Waals surface area contributed by atoms with E-state index in [2.05, 4.69) is 4.99 Å². The van der Waals surface area contributed by atoms with Gasteiger partial charge in [0.25, 0.3) is 11.9 Å². The van der Waals surface area contributed by atoms with Crippen LogP contribution < -0.4 is 4.90 Å². The first-order valence-corrected chi connectivity index (χ1v) is 10.6. The first-order chi connectivity index (χ1) is 15.1. The molecule has 0 unspecified atom stereocenters. The largest absolute Gasteiger partial charge is 0.465 e. The van der Waals surface area contributed by atoms with Crippen molar-refractivity contribution in [3.05, 3.63) is 65.2 Å². The third-order valence-electron chi connectivity index (χ3n) is 5.10. The second kappa shape index (κ2) is 10.1. The summed E-state index contributed by atoms with van der Waals surface area (Å²) in [5.74, 6) is -0.131. The maximum atomic E-state index is 13.0. The molecular weight excluding hydrogens is 419 g/mol. The molecule has 1 aliphatic heterocycles. The van der Waals surface area contributed by atoms with Crippen LogP contribution in [0.3, 0.4) is 0 Å². The number of carbonyl (C=O) groups is 1. The lowest BCUT2D eigenvalue weighted by atomic mass is 10.1. The van der Waals surface area contributed by atoms with E-state index in [1.807, 2.05) is 36.6 Å². The van der Waals surface area contributed by atoms with Gasteiger partial charge in [0, 0.05) is 37.4 Å². The summed E-state index contributed by atoms with van der Waals surface area (Å²) in [6.45, 7) is 8.27. The fourth-order valence-electron chi connectivity index (χ4n) is 3.40. The zero-order valence-corrected chi connectivity index (χ0v) is 18.5. The number of anilines is 1. The van der Waals surface area contributed by atoms with Gasteiger partial charge in [-0.1, -0.05) is 37.6 Å². The van der Waals surface area contributed by atoms with E-state index in [-0.39, 0.29) is 17.8 Å². The number of hydrogen-bond donors (Lipinski definition) is 0. The quantitative estimate of drug-likeness (QED) is 0.489. The van der Waals surface area contributed by atoms with Crippen molar-refractivity contribution in [1.82, 2.24) is 4.90 Å². The molecule has 1 aliphatic rings. The zero-order valence-electron chi connectivity index (χ0n) is 18.5. The fraction of sp³-hybridized carbons (Fsp3) is 0.417. The normalized spacial score (nSPS) is 15.3. The van der Waals surface area contributed by atoms with Crippen molar-refractivity contribution < 1.29 is 22.7 Å². The monoisotopic (exact) mass is 447 g/mol. The smallest absolute Gasteiger partial charge is 0.416 e. The van der Waals surface area contributed by atoms with Crippen LogP contribution in [0.15, 0.2) is 53.5 Å². The Hall–Kier alpha value is -3.03. The van der Waals surface area contributed by atoms with Crippen molar-refractivity contribution in [3.63, 3.8) is 0 Å². The Morgan fingerprint density at radius 3 is 2.38 bits per heavy atom. The van der Waals surface area contributed by atoms with Gasteiger partial charge in [-0.2, -0.15) is 18.2 Å². The van der Waals surface area contributed by atoms with E-state index in [1.165, 1.54) is 12.1 Å². The van der Waals surface area contributed by atoms with Gasteiger partial charge in [-0.25, -0.2) is 0 Å². The average molecular weight is 448 g/mol. The van der Waals surface area contributed by atoms with Gasteiger partial charge in [0.1, 0.15) is 0 Å². The predicted octanol–water partition coefficient (Wildman–Crippen LogP) is 5.00. The summed E-state index contributed by atoms with van der Waals surface area (Å²) in [4.78, 5) is 20.7. The molecule has 1 heterocycles. The molecule has 32 heavy (non-hydrogen) atoms. The predicted molar refractivity (Wildman–Crippen MR) is 119 cm³/mol. The van der Waals surface area contributed by atoms with E-state index >= 15 is 0 Å². The molecule has 1 saturated heterocycles. The van der Waals surface area contributed by atoms with Gasteiger partial charge in [-0.05, 0) is 43.2 Å². The van der Waals surface area contributed by atoms with Gasteiger partial charge in [-0.15, -0.1) is 0 Å². The topological polar surface area (TPSA) is 45.1 Å². The van der Waals surface area contributed by atoms with Crippen LogP contribution in [0.1, 0.15) is 35.3 Å². The highest BCUT2D eigenvalue weighted by atomic mass is 19.4. The molecule has 0 bridgehead atoms. The van der Waals surface area contributed by atoms with Gasteiger partial charge in [0.05, 0.1) is 12.2 Å². The lowest BCUT2D eigenvalue weighted by Gasteiger charge is -2.37. The second-order valence-electron chi connectivity index (χ2n) is 8.30. The number of ether oxygens (including phenoxy) is 1. The molecule has 2 aromatic rings. The van der Waals surface area contributed by atoms with Gasteiger partial charge >= 0.3 is 6.18 Å². The number of halogens is 3. The average Bonchev–Trinajstić information content (AvgIpc) is 2.76. The molecular formula is C24H28F3N3O2. The minimum absolute atomic E-state index is 0.251. The number of benzene rings is 2. The Bertz CT molecular complexity index is 965. The van der Waals surface area contributed by atoms with Crippen molar-refractivity contribution in [1.29, 1.82) is 0 Å². The standard InChI is InChI=1S/C24H28F3N3O2/c1-17(2)16-32-23(28-22(31)19-7-4-6-18(3)14-19)30-12-10-29(11-13-30)21-9-5-8-20(15-21)24(25,26)27/h4-9,14-15,17H,10-13,16H2,1-3H3. The number of rotatable bonds is 4. The van der Waals surface area contributed by atoms with Gasteiger partial charge in [0.15, 0.2) is 0 Å². The van der Waals surface area contributed by atoms with Crippen molar-refractivity contribution in [2.45, 2.75) is 26.9 Å². The molecule has 0 spiro atoms. The van der Waals surface area contributed by atoms with E-state index in [4.69, 9.17) is 4.74 Å². The Kier molecular flexibility index (Phi) is 7.43. The number of piperazine rings is 1. The van der Waals surface area contributed by atoms with Gasteiger partial charge < -0.3 is 14.5 Å². The van der Waals surface area contributed by atoms with E-state index in [0.29, 0.717) is 44.0 Å². The fourth-order valence-corrected chi connectivity index (χ4v) is 3.40. The summed E-state index contributed by atoms with van der Waals surface area (Å²) in [7, 11) is 0. The Balaban J connectivity index is 1.73. The minimum Gasteiger partial charge on any atom is -0.465 e. The third kappa shape index (κ3) is 6.24. The summed E-state index contributed by atoms with van der Waals surface area (Å²) in [5, 5.41) is 0. The van der Waals surface area contributed by atoms with Crippen molar-refractivity contribution in [3.8, 4) is 0 Å². The second-order valence-corrected chi connectivity index (χ2v) is 8.30. The van der Waals surface area contributed by atoms with Gasteiger partial charge in [-0.3, -0.25) is 4.79 Å². The number of alkyl halides is 3. The number of amides is 1. The highest BCUT2D eigenvalue weighted by Crippen LogP contribution is 2.31. The lowest BCUT2D eigenvalue weighted by Crippen LogP contribution is -2.49. The SMILES string of the molecule is Cc1cccc(C(=O)N=C(OCC(C)C)N2CCN(c3cccc(C(F)(F)F)c3)CC2)c1. The molecule has 0 aromatic heterocycles. The van der Waals surface area contributed by atoms with Crippen LogP contribution in [0.5, 0.6) is 0 Å². The van der Waals surface area contributed by atoms with E-state index < -0.39 is 11.7 Å². The maximum Gasteiger partial charge on any atom is 0.416 e. The van der Waals surface area contributed by atoms with Crippen LogP contribution >= 0.6 is 0 Å². The molecule has 0 radical (unpaired) electrons. The van der Waals surface area contributed by atoms with E-state index in [9.17, 15) is 18.0 Å². The third-order valence-corrected chi connectivity index (χ3v) is 5.10. The summed E-state index contributed by atoms with van der Waals surface area (Å²) in [6.07, 6.45) is -4.38. The van der Waals surface area contributed by atoms with Crippen LogP contribution in [-0.2, 0) is 10.9 Å². The lowest BCUT2D eigenvalue weighted by molar-refractivity contribution is -0.137. The highest BCUT2D eigenvalue weighted by molar-refractivity contribution is 6.01. The number of amidine groups is 1. The van der Waals surface area contributed by atoms with E-state index in [1.54, 1.807) is 24.3 Å². The zero-order chi connectivity index (χ0) is 23.3. The summed E-state index contributed by atoms with van der Waals surface area (Å²) in [5.41, 5.74) is 1.31. The minimum atomic E-state index is -4.38. The summed E-state index contributed by atoms with van der Waals surface area (Å²) >= 11 is 0. The molecule has 0 atom stereocenters. The Morgan fingerprint density at radius 1 is 1.06 bits per heavy atom. The summed E-state index contributed by atoms with van der Waals surface area (Å²) < 4.78 is 45.0. The Morgan fingerprint density at radius 2 is 1.75 bits per heavy atom. The van der Waals surface area contributed by atoms with Crippen LogP contribution in [0, 0.1) is 12.8 Å². The number of carbonyl (C=O) groups excluding carboxylic acids is 1. The molecule has 0 saturated carbocycles. The van der Waals surface area contributed by atoms with Crippen molar-refractivity contribution in [2.75, 3.05) is 37.7 Å². The number of hydrogen-bond acceptors (Lipinski definition) is 3. The molecule has 2 aromatic carbocycles. The van der Waals surface area contributed by atoms with Crippen molar-refractivity contribution in [2.24, 2.45) is 10.9 Å². The highest BCUT2D eigenvalue weighted by Gasteiger charge is 2.31. The molecule has 1 amide bonds. The summed E-state index contributed by atoms with van der Waals surface area (Å²) in [6, 6.07) is 12.8. The molecule has 172 valence electrons. The first-order valence-electron chi connectivity index (χ1n) is 10.6. The molecule has 0 aliphatic carbocycles. The molecule has 3 rings (SSSR count). The number of aryl methyl sites for hydroxylation is 1.